The van der Waals surface area contributed by atoms with Crippen LogP contribution in [0.2, 0.25) is 0 Å². The Labute approximate surface area is 283 Å². The van der Waals surface area contributed by atoms with Crippen molar-refractivity contribution in [2.75, 3.05) is 19.8 Å². The average Bonchev–Trinajstić information content (AvgIpc) is 3.35. The quantitative estimate of drug-likeness (QED) is 0.239. The third-order valence-corrected chi connectivity index (χ3v) is 15.7. The number of alkyl halides is 2. The van der Waals surface area contributed by atoms with Crippen LogP contribution < -0.4 is 0 Å². The van der Waals surface area contributed by atoms with Crippen LogP contribution in [0.4, 0.5) is 8.78 Å². The van der Waals surface area contributed by atoms with Crippen molar-refractivity contribution in [2.45, 2.75) is 146 Å². The van der Waals surface area contributed by atoms with Crippen LogP contribution in [0, 0.1) is 64.1 Å². The Hall–Kier alpha value is -1.32. The van der Waals surface area contributed by atoms with Crippen molar-refractivity contribution in [1.29, 1.82) is 0 Å². The summed E-state index contributed by atoms with van der Waals surface area (Å²) in [6.45, 7) is 1.92. The number of esters is 2. The maximum atomic E-state index is 14.0. The predicted molar refractivity (Wildman–Crippen MR) is 168 cm³/mol. The zero-order valence-electron chi connectivity index (χ0n) is 28.6. The monoisotopic (exact) mass is 672 g/mol. The summed E-state index contributed by atoms with van der Waals surface area (Å²) in [4.78, 5) is 26.3. The van der Waals surface area contributed by atoms with Crippen LogP contribution in [0.3, 0.4) is 0 Å². The van der Waals surface area contributed by atoms with Gasteiger partial charge in [-0.25, -0.2) is 4.79 Å². The van der Waals surface area contributed by atoms with E-state index in [9.17, 15) is 18.4 Å². The maximum absolute atomic E-state index is 14.0. The second kappa shape index (κ2) is 10.6. The molecule has 7 nitrogen and oxygen atoms in total. The molecule has 12 bridgehead atoms. The third-order valence-electron chi connectivity index (χ3n) is 15.7. The Morgan fingerprint density at radius 1 is 0.667 bits per heavy atom. The normalized spacial score (nSPS) is 53.6. The lowest BCUT2D eigenvalue weighted by Crippen LogP contribution is -2.65. The highest BCUT2D eigenvalue weighted by Gasteiger charge is 2.69. The SMILES string of the molecule is CC(F)(F)C(=O)OC12CC3CC(C1)C1(OC(COCC45CC6CC(CC(C6)C4)C5)C(COC(=O)C45CC6CC(CC(C6)C4)C5)O1)C(C3)C2. The van der Waals surface area contributed by atoms with Crippen LogP contribution in [0.15, 0.2) is 0 Å². The molecule has 1 aliphatic heterocycles. The Kier molecular flexibility index (Phi) is 6.95. The Morgan fingerprint density at radius 3 is 1.67 bits per heavy atom. The van der Waals surface area contributed by atoms with Gasteiger partial charge in [0.2, 0.25) is 0 Å². The van der Waals surface area contributed by atoms with Crippen LogP contribution >= 0.6 is 0 Å². The van der Waals surface area contributed by atoms with Gasteiger partial charge in [-0.3, -0.25) is 4.79 Å². The van der Waals surface area contributed by atoms with Crippen LogP contribution in [-0.2, 0) is 33.3 Å². The number of hydrogen-bond donors (Lipinski definition) is 0. The van der Waals surface area contributed by atoms with Gasteiger partial charge < -0.3 is 23.7 Å². The van der Waals surface area contributed by atoms with E-state index in [2.05, 4.69) is 0 Å². The maximum Gasteiger partial charge on any atom is 0.377 e. The van der Waals surface area contributed by atoms with E-state index in [4.69, 9.17) is 23.7 Å². The van der Waals surface area contributed by atoms with Gasteiger partial charge in [0.25, 0.3) is 0 Å². The topological polar surface area (TPSA) is 80.3 Å². The number of carbonyl (C=O) groups excluding carboxylic acids is 2. The lowest BCUT2D eigenvalue weighted by molar-refractivity contribution is -0.326. The molecule has 9 heteroatoms. The molecule has 0 radical (unpaired) electrons. The molecule has 266 valence electrons. The van der Waals surface area contributed by atoms with Gasteiger partial charge in [0, 0.05) is 18.8 Å². The molecule has 1 saturated heterocycles. The summed E-state index contributed by atoms with van der Waals surface area (Å²) < 4.78 is 60.5. The van der Waals surface area contributed by atoms with Crippen LogP contribution in [0.1, 0.15) is 116 Å². The summed E-state index contributed by atoms with van der Waals surface area (Å²) in [6.07, 6.45) is 17.2. The molecule has 0 aromatic carbocycles. The van der Waals surface area contributed by atoms with Gasteiger partial charge in [-0.2, -0.15) is 8.78 Å². The molecule has 48 heavy (non-hydrogen) atoms. The highest BCUT2D eigenvalue weighted by Crippen LogP contribution is 2.65. The van der Waals surface area contributed by atoms with Crippen molar-refractivity contribution < 1.29 is 42.1 Å². The first-order valence-electron chi connectivity index (χ1n) is 19.6. The standard InChI is InChI=1S/C39H54F2O7/c1-35(40,41)33(42)48-38-16-28-8-29(17-38)39(30(9-28)18-38)46-31(19-44-21-36-10-22-2-23(11-36)4-24(3-22)12-36)32(47-39)20-45-34(43)37-13-25-5-26(14-37)7-27(6-25)15-37/h22-32H,2-21H2,1H3. The van der Waals surface area contributed by atoms with Crippen LogP contribution in [-0.4, -0.2) is 61.3 Å². The van der Waals surface area contributed by atoms with E-state index in [0.717, 1.165) is 56.5 Å². The zero-order chi connectivity index (χ0) is 32.7. The minimum Gasteiger partial charge on any atom is -0.462 e. The smallest absolute Gasteiger partial charge is 0.377 e. The zero-order valence-corrected chi connectivity index (χ0v) is 28.6. The van der Waals surface area contributed by atoms with Crippen molar-refractivity contribution in [1.82, 2.24) is 0 Å². The van der Waals surface area contributed by atoms with Crippen molar-refractivity contribution in [3.8, 4) is 0 Å². The number of rotatable bonds is 9. The molecule has 12 aliphatic carbocycles. The summed E-state index contributed by atoms with van der Waals surface area (Å²) in [5.41, 5.74) is -0.943. The van der Waals surface area contributed by atoms with Gasteiger partial charge in [0.1, 0.15) is 24.4 Å². The summed E-state index contributed by atoms with van der Waals surface area (Å²) in [6, 6.07) is 0. The predicted octanol–water partition coefficient (Wildman–Crippen LogP) is 7.24. The molecule has 12 saturated carbocycles. The van der Waals surface area contributed by atoms with Gasteiger partial charge in [0.15, 0.2) is 5.79 Å². The van der Waals surface area contributed by atoms with E-state index in [1.165, 1.54) is 57.8 Å². The van der Waals surface area contributed by atoms with Crippen molar-refractivity contribution in [3.63, 3.8) is 0 Å². The van der Waals surface area contributed by atoms with E-state index in [1.54, 1.807) is 0 Å². The highest BCUT2D eigenvalue weighted by molar-refractivity contribution is 5.78. The van der Waals surface area contributed by atoms with Gasteiger partial charge in [-0.05, 0) is 156 Å². The van der Waals surface area contributed by atoms with Crippen LogP contribution in [0.25, 0.3) is 0 Å². The fourth-order valence-electron chi connectivity index (χ4n) is 15.1. The minimum atomic E-state index is -3.52. The summed E-state index contributed by atoms with van der Waals surface area (Å²) in [7, 11) is 0. The average molecular weight is 673 g/mol. The molecule has 1 heterocycles. The Morgan fingerprint density at radius 2 is 1.15 bits per heavy atom. The molecular weight excluding hydrogens is 618 g/mol. The number of hydrogen-bond acceptors (Lipinski definition) is 7. The van der Waals surface area contributed by atoms with Crippen molar-refractivity contribution in [2.24, 2.45) is 64.1 Å². The Balaban J connectivity index is 0.864. The summed E-state index contributed by atoms with van der Waals surface area (Å²) >= 11 is 0. The molecule has 13 aliphatic rings. The molecule has 1 spiro atoms. The highest BCUT2D eigenvalue weighted by atomic mass is 19.3. The second-order valence-corrected chi connectivity index (χ2v) is 19.6. The molecule has 13 rings (SSSR count). The molecular formula is C39H54F2O7. The molecule has 0 aromatic rings. The minimum absolute atomic E-state index is 0.0455. The van der Waals surface area contributed by atoms with Crippen LogP contribution in [0.5, 0.6) is 0 Å². The van der Waals surface area contributed by atoms with E-state index in [-0.39, 0.29) is 47.3 Å². The van der Waals surface area contributed by atoms with E-state index >= 15 is 0 Å². The first-order valence-corrected chi connectivity index (χ1v) is 19.6. The number of halogens is 2. The first-order chi connectivity index (χ1) is 22.9. The van der Waals surface area contributed by atoms with Crippen molar-refractivity contribution >= 4 is 11.9 Å². The second-order valence-electron chi connectivity index (χ2n) is 19.6. The number of ether oxygens (including phenoxy) is 5. The molecule has 4 atom stereocenters. The largest absolute Gasteiger partial charge is 0.462 e. The molecule has 0 amide bonds. The van der Waals surface area contributed by atoms with Gasteiger partial charge in [0.05, 0.1) is 18.6 Å². The third kappa shape index (κ3) is 4.99. The van der Waals surface area contributed by atoms with Crippen molar-refractivity contribution in [3.05, 3.63) is 0 Å². The molecule has 0 N–H and O–H groups in total. The molecule has 4 unspecified atom stereocenters. The fourth-order valence-corrected chi connectivity index (χ4v) is 15.1. The Bertz CT molecular complexity index is 1250. The van der Waals surface area contributed by atoms with E-state index < -0.39 is 29.4 Å². The first kappa shape index (κ1) is 31.4. The lowest BCUT2D eigenvalue weighted by atomic mass is 9.49. The molecule has 0 aromatic heterocycles. The summed E-state index contributed by atoms with van der Waals surface area (Å²) in [5, 5.41) is 0. The van der Waals surface area contributed by atoms with E-state index in [0.29, 0.717) is 50.5 Å². The lowest BCUT2D eigenvalue weighted by Gasteiger charge is -2.62. The van der Waals surface area contributed by atoms with Gasteiger partial charge >= 0.3 is 17.9 Å². The number of carbonyl (C=O) groups is 2. The molecule has 13 fully saturated rings. The van der Waals surface area contributed by atoms with Gasteiger partial charge in [-0.1, -0.05) is 0 Å². The van der Waals surface area contributed by atoms with Gasteiger partial charge in [-0.15, -0.1) is 0 Å². The fraction of sp³-hybridized carbons (Fsp3) is 0.949. The summed E-state index contributed by atoms with van der Waals surface area (Å²) in [5.74, 6) is -1.21. The van der Waals surface area contributed by atoms with E-state index in [1.807, 2.05) is 0 Å².